The van der Waals surface area contributed by atoms with Crippen LogP contribution in [0.15, 0.2) is 0 Å². The van der Waals surface area contributed by atoms with Gasteiger partial charge in [-0.25, -0.2) is 0 Å². The summed E-state index contributed by atoms with van der Waals surface area (Å²) in [5.41, 5.74) is 2.53. The zero-order chi connectivity index (χ0) is 12.7. The molecule has 1 atom stereocenters. The first kappa shape index (κ1) is 14.7. The van der Waals surface area contributed by atoms with E-state index in [2.05, 4.69) is 22.1 Å². The van der Waals surface area contributed by atoms with Gasteiger partial charge in [-0.05, 0) is 45.3 Å². The summed E-state index contributed by atoms with van der Waals surface area (Å²) < 4.78 is 35.6. The number of halogens is 3. The van der Waals surface area contributed by atoms with Gasteiger partial charge < -0.3 is 4.90 Å². The van der Waals surface area contributed by atoms with Gasteiger partial charge in [-0.15, -0.1) is 0 Å². The second-order valence-corrected chi connectivity index (χ2v) is 4.49. The first-order valence-electron chi connectivity index (χ1n) is 6.17. The molecule has 17 heavy (non-hydrogen) atoms. The van der Waals surface area contributed by atoms with E-state index in [1.54, 1.807) is 0 Å². The van der Waals surface area contributed by atoms with E-state index in [1.807, 2.05) is 0 Å². The van der Waals surface area contributed by atoms with Gasteiger partial charge in [-0.3, -0.25) is 4.84 Å². The van der Waals surface area contributed by atoms with Crippen molar-refractivity contribution in [3.05, 3.63) is 0 Å². The van der Waals surface area contributed by atoms with E-state index >= 15 is 0 Å². The average Bonchev–Trinajstić information content (AvgIpc) is 2.43. The molecule has 0 aromatic rings. The maximum atomic E-state index is 11.9. The first-order chi connectivity index (χ1) is 8.01. The van der Waals surface area contributed by atoms with Gasteiger partial charge in [0.25, 0.3) is 0 Å². The monoisotopic (exact) mass is 254 g/mol. The van der Waals surface area contributed by atoms with E-state index in [9.17, 15) is 13.2 Å². The zero-order valence-electron chi connectivity index (χ0n) is 10.2. The van der Waals surface area contributed by atoms with Crippen LogP contribution in [0.2, 0.25) is 0 Å². The molecule has 0 amide bonds. The SMILES string of the molecule is CCCN1CCCC(NOCC(F)(F)F)CC1. The lowest BCUT2D eigenvalue weighted by Crippen LogP contribution is -2.34. The molecule has 0 aromatic carbocycles. The summed E-state index contributed by atoms with van der Waals surface area (Å²) in [5, 5.41) is 0. The topological polar surface area (TPSA) is 24.5 Å². The molecule has 3 nitrogen and oxygen atoms in total. The molecule has 0 aliphatic carbocycles. The summed E-state index contributed by atoms with van der Waals surface area (Å²) in [7, 11) is 0. The lowest BCUT2D eigenvalue weighted by Gasteiger charge is -2.19. The fourth-order valence-electron chi connectivity index (χ4n) is 2.05. The van der Waals surface area contributed by atoms with E-state index < -0.39 is 12.8 Å². The Morgan fingerprint density at radius 2 is 2.06 bits per heavy atom. The van der Waals surface area contributed by atoms with E-state index in [0.29, 0.717) is 0 Å². The summed E-state index contributed by atoms with van der Waals surface area (Å²) in [6, 6.07) is 0.0409. The Hall–Kier alpha value is -0.330. The Kier molecular flexibility index (Phi) is 6.22. The van der Waals surface area contributed by atoms with E-state index in [0.717, 1.165) is 45.3 Å². The molecular weight excluding hydrogens is 233 g/mol. The molecular formula is C11H21F3N2O. The van der Waals surface area contributed by atoms with Gasteiger partial charge in [0.2, 0.25) is 0 Å². The molecule has 1 saturated heterocycles. The van der Waals surface area contributed by atoms with Crippen molar-refractivity contribution in [3.63, 3.8) is 0 Å². The third-order valence-electron chi connectivity index (χ3n) is 2.85. The highest BCUT2D eigenvalue weighted by Gasteiger charge is 2.28. The van der Waals surface area contributed by atoms with Crippen LogP contribution in [0.5, 0.6) is 0 Å². The fraction of sp³-hybridized carbons (Fsp3) is 1.00. The van der Waals surface area contributed by atoms with Gasteiger partial charge in [0.15, 0.2) is 6.61 Å². The summed E-state index contributed by atoms with van der Waals surface area (Å²) in [4.78, 5) is 6.85. The average molecular weight is 254 g/mol. The Bertz CT molecular complexity index is 211. The number of hydrogen-bond acceptors (Lipinski definition) is 3. The Morgan fingerprint density at radius 1 is 1.29 bits per heavy atom. The minimum absolute atomic E-state index is 0.0409. The quantitative estimate of drug-likeness (QED) is 0.762. The lowest BCUT2D eigenvalue weighted by molar-refractivity contribution is -0.193. The number of hydrogen-bond donors (Lipinski definition) is 1. The molecule has 1 heterocycles. The van der Waals surface area contributed by atoms with Crippen molar-refractivity contribution < 1.29 is 18.0 Å². The molecule has 0 bridgehead atoms. The molecule has 1 rings (SSSR count). The molecule has 0 saturated carbocycles. The number of hydroxylamine groups is 1. The number of nitrogens with one attached hydrogen (secondary N) is 1. The number of likely N-dealkylation sites (tertiary alicyclic amines) is 1. The van der Waals surface area contributed by atoms with Crippen LogP contribution in [-0.2, 0) is 4.84 Å². The first-order valence-corrected chi connectivity index (χ1v) is 6.17. The van der Waals surface area contributed by atoms with E-state index in [1.165, 1.54) is 0 Å². The second-order valence-electron chi connectivity index (χ2n) is 4.49. The third-order valence-corrected chi connectivity index (χ3v) is 2.85. The highest BCUT2D eigenvalue weighted by molar-refractivity contribution is 4.72. The maximum absolute atomic E-state index is 11.9. The smallest absolute Gasteiger partial charge is 0.303 e. The normalized spacial score (nSPS) is 23.6. The van der Waals surface area contributed by atoms with Crippen molar-refractivity contribution in [2.75, 3.05) is 26.2 Å². The zero-order valence-corrected chi connectivity index (χ0v) is 10.2. The Labute approximate surface area is 100 Å². The Morgan fingerprint density at radius 3 is 2.71 bits per heavy atom. The lowest BCUT2D eigenvalue weighted by atomic mass is 10.1. The highest BCUT2D eigenvalue weighted by atomic mass is 19.4. The predicted molar refractivity (Wildman–Crippen MR) is 59.5 cm³/mol. The van der Waals surface area contributed by atoms with E-state index in [-0.39, 0.29) is 6.04 Å². The molecule has 6 heteroatoms. The summed E-state index contributed by atoms with van der Waals surface area (Å²) >= 11 is 0. The largest absolute Gasteiger partial charge is 0.413 e. The van der Waals surface area contributed by atoms with Crippen LogP contribution in [0, 0.1) is 0 Å². The predicted octanol–water partition coefficient (Wildman–Crippen LogP) is 2.33. The van der Waals surface area contributed by atoms with Crippen molar-refractivity contribution in [1.29, 1.82) is 0 Å². The van der Waals surface area contributed by atoms with E-state index in [4.69, 9.17) is 0 Å². The van der Waals surface area contributed by atoms with Crippen molar-refractivity contribution in [1.82, 2.24) is 10.4 Å². The van der Waals surface area contributed by atoms with Crippen LogP contribution in [0.3, 0.4) is 0 Å². The van der Waals surface area contributed by atoms with Crippen LogP contribution in [0.25, 0.3) is 0 Å². The van der Waals surface area contributed by atoms with Gasteiger partial charge in [-0.2, -0.15) is 18.7 Å². The minimum atomic E-state index is -4.26. The van der Waals surface area contributed by atoms with Gasteiger partial charge in [-0.1, -0.05) is 6.92 Å². The highest BCUT2D eigenvalue weighted by Crippen LogP contribution is 2.15. The molecule has 1 N–H and O–H groups in total. The van der Waals surface area contributed by atoms with Crippen LogP contribution in [0.1, 0.15) is 32.6 Å². The molecule has 1 fully saturated rings. The maximum Gasteiger partial charge on any atom is 0.413 e. The van der Waals surface area contributed by atoms with Crippen LogP contribution in [-0.4, -0.2) is 43.4 Å². The van der Waals surface area contributed by atoms with Gasteiger partial charge in [0.05, 0.1) is 0 Å². The minimum Gasteiger partial charge on any atom is -0.303 e. The summed E-state index contributed by atoms with van der Waals surface area (Å²) in [6.07, 6.45) is -0.419. The second kappa shape index (κ2) is 7.18. The molecule has 102 valence electrons. The molecule has 1 unspecified atom stereocenters. The van der Waals surface area contributed by atoms with Gasteiger partial charge >= 0.3 is 6.18 Å². The molecule has 0 spiro atoms. The van der Waals surface area contributed by atoms with Crippen LogP contribution in [0.4, 0.5) is 13.2 Å². The van der Waals surface area contributed by atoms with Crippen LogP contribution < -0.4 is 5.48 Å². The summed E-state index contributed by atoms with van der Waals surface area (Å²) in [6.45, 7) is 3.94. The van der Waals surface area contributed by atoms with Crippen molar-refractivity contribution in [2.45, 2.75) is 44.8 Å². The standard InChI is InChI=1S/C11H21F3N2O/c1-2-6-16-7-3-4-10(5-8-16)15-17-9-11(12,13)14/h10,15H,2-9H2,1H3. The fourth-order valence-corrected chi connectivity index (χ4v) is 2.05. The van der Waals surface area contributed by atoms with Crippen molar-refractivity contribution in [3.8, 4) is 0 Å². The number of rotatable bonds is 5. The summed E-state index contributed by atoms with van der Waals surface area (Å²) in [5.74, 6) is 0. The number of alkyl halides is 3. The van der Waals surface area contributed by atoms with Crippen molar-refractivity contribution >= 4 is 0 Å². The number of nitrogens with zero attached hydrogens (tertiary/aromatic N) is 1. The van der Waals surface area contributed by atoms with Crippen molar-refractivity contribution in [2.24, 2.45) is 0 Å². The van der Waals surface area contributed by atoms with Crippen LogP contribution >= 0.6 is 0 Å². The molecule has 0 radical (unpaired) electrons. The molecule has 1 aliphatic heterocycles. The Balaban J connectivity index is 2.18. The van der Waals surface area contributed by atoms with Gasteiger partial charge in [0, 0.05) is 6.04 Å². The van der Waals surface area contributed by atoms with Gasteiger partial charge in [0.1, 0.15) is 0 Å². The molecule has 0 aromatic heterocycles. The molecule has 1 aliphatic rings. The third kappa shape index (κ3) is 6.85.